The molecule has 2 heteroatoms. The molecule has 0 nitrogen and oxygen atoms in total. The number of aryl methyl sites for hydroxylation is 1. The van der Waals surface area contributed by atoms with Crippen LogP contribution in [0.15, 0.2) is 24.3 Å². The van der Waals surface area contributed by atoms with E-state index in [-0.39, 0.29) is 15.8 Å². The first kappa shape index (κ1) is 24.1. The van der Waals surface area contributed by atoms with Crippen molar-refractivity contribution in [1.82, 2.24) is 0 Å². The van der Waals surface area contributed by atoms with Crippen LogP contribution in [0.3, 0.4) is 0 Å². The molecule has 26 heavy (non-hydrogen) atoms. The van der Waals surface area contributed by atoms with Crippen LogP contribution in [-0.4, -0.2) is 20.6 Å². The molecule has 150 valence electrons. The molecule has 0 saturated heterocycles. The summed E-state index contributed by atoms with van der Waals surface area (Å²) in [6.07, 6.45) is 0. The molecule has 0 N–H and O–H groups in total. The van der Waals surface area contributed by atoms with Gasteiger partial charge in [-0.1, -0.05) is 123 Å². The summed E-state index contributed by atoms with van der Waals surface area (Å²) in [6.45, 7) is 32.1. The molecule has 1 aromatic carbocycles. The van der Waals surface area contributed by atoms with Gasteiger partial charge in [0.05, 0.1) is 0 Å². The zero-order chi connectivity index (χ0) is 20.7. The fourth-order valence-electron chi connectivity index (χ4n) is 4.75. The van der Waals surface area contributed by atoms with Crippen molar-refractivity contribution < 1.29 is 0 Å². The zero-order valence-electron chi connectivity index (χ0n) is 19.8. The number of benzene rings is 1. The third-order valence-electron chi connectivity index (χ3n) is 4.85. The van der Waals surface area contributed by atoms with Gasteiger partial charge in [0.1, 0.15) is 0 Å². The molecule has 0 unspecified atom stereocenters. The lowest BCUT2D eigenvalue weighted by Gasteiger charge is -2.55. The highest BCUT2D eigenvalue weighted by atomic mass is 31.2. The molecule has 0 aliphatic rings. The second-order valence-electron chi connectivity index (χ2n) is 11.7. The Morgan fingerprint density at radius 1 is 0.577 bits per heavy atom. The number of hydrogen-bond acceptors (Lipinski definition) is 0. The zero-order valence-corrected chi connectivity index (χ0v) is 21.6. The van der Waals surface area contributed by atoms with Gasteiger partial charge in [-0.3, -0.25) is 0 Å². The summed E-state index contributed by atoms with van der Waals surface area (Å²) >= 11 is 0. The van der Waals surface area contributed by atoms with Gasteiger partial charge in [-0.05, 0) is 38.7 Å². The first-order valence-corrected chi connectivity index (χ1v) is 12.8. The van der Waals surface area contributed by atoms with Crippen LogP contribution in [0, 0.1) is 6.92 Å². The molecule has 0 bridgehead atoms. The molecule has 1 aromatic rings. The van der Waals surface area contributed by atoms with Crippen LogP contribution in [0.1, 0.15) is 99.6 Å². The standard InChI is InChI=1S/C24H44P2/c1-18-16-14-15-17-19(18)20(25(21(2,3)4)22(5,6)7)26(23(8,9)10)24(11,12)13/h14-17,20H,1-13H3. The third kappa shape index (κ3) is 5.79. The quantitative estimate of drug-likeness (QED) is 0.448. The van der Waals surface area contributed by atoms with Gasteiger partial charge in [-0.25, -0.2) is 0 Å². The van der Waals surface area contributed by atoms with E-state index in [9.17, 15) is 0 Å². The van der Waals surface area contributed by atoms with Crippen LogP contribution >= 0.6 is 15.8 Å². The molecule has 0 radical (unpaired) electrons. The molecule has 0 heterocycles. The van der Waals surface area contributed by atoms with Gasteiger partial charge in [0, 0.05) is 5.40 Å². The van der Waals surface area contributed by atoms with Gasteiger partial charge >= 0.3 is 0 Å². The maximum absolute atomic E-state index is 2.48. The molecule has 0 aliphatic heterocycles. The highest BCUT2D eigenvalue weighted by Crippen LogP contribution is 2.83. The van der Waals surface area contributed by atoms with E-state index in [4.69, 9.17) is 0 Å². The van der Waals surface area contributed by atoms with Crippen LogP contribution in [0.5, 0.6) is 0 Å². The van der Waals surface area contributed by atoms with E-state index >= 15 is 0 Å². The summed E-state index contributed by atoms with van der Waals surface area (Å²) < 4.78 is 0. The van der Waals surface area contributed by atoms with Crippen molar-refractivity contribution in [3.63, 3.8) is 0 Å². The molecular formula is C24H44P2. The SMILES string of the molecule is Cc1ccccc1C(P(C(C)(C)C)C(C)(C)C)P(C(C)(C)C)C(C)(C)C. The van der Waals surface area contributed by atoms with Crippen molar-refractivity contribution >= 4 is 15.8 Å². The maximum Gasteiger partial charge on any atom is 0.0264 e. The van der Waals surface area contributed by atoms with Crippen LogP contribution in [0.2, 0.25) is 0 Å². The highest BCUT2D eigenvalue weighted by Gasteiger charge is 2.50. The normalized spacial score (nSPS) is 14.6. The Labute approximate surface area is 167 Å². The first-order valence-electron chi connectivity index (χ1n) is 10.0. The summed E-state index contributed by atoms with van der Waals surface area (Å²) in [5.41, 5.74) is 3.08. The Bertz CT molecular complexity index is 528. The average Bonchev–Trinajstić information content (AvgIpc) is 2.31. The van der Waals surface area contributed by atoms with Gasteiger partial charge in [0.2, 0.25) is 0 Å². The lowest BCUT2D eigenvalue weighted by Crippen LogP contribution is -2.34. The maximum atomic E-state index is 2.48. The van der Waals surface area contributed by atoms with E-state index in [2.05, 4.69) is 114 Å². The number of rotatable bonds is 3. The minimum atomic E-state index is -0.238. The Morgan fingerprint density at radius 3 is 1.15 bits per heavy atom. The van der Waals surface area contributed by atoms with Crippen molar-refractivity contribution in [1.29, 1.82) is 0 Å². The molecule has 0 saturated carbocycles. The minimum absolute atomic E-state index is 0.238. The van der Waals surface area contributed by atoms with E-state index in [0.717, 1.165) is 0 Å². The van der Waals surface area contributed by atoms with Gasteiger partial charge in [-0.15, -0.1) is 0 Å². The Morgan fingerprint density at radius 2 is 0.885 bits per heavy atom. The summed E-state index contributed by atoms with van der Waals surface area (Å²) in [4.78, 5) is 0. The van der Waals surface area contributed by atoms with Crippen LogP contribution < -0.4 is 0 Å². The second-order valence-corrected chi connectivity index (χ2v) is 19.9. The van der Waals surface area contributed by atoms with Gasteiger partial charge in [0.25, 0.3) is 0 Å². The van der Waals surface area contributed by atoms with Gasteiger partial charge in [0.15, 0.2) is 0 Å². The fourth-order valence-corrected chi connectivity index (χ4v) is 17.9. The van der Waals surface area contributed by atoms with Crippen molar-refractivity contribution in [2.24, 2.45) is 0 Å². The molecule has 0 atom stereocenters. The molecule has 0 aliphatic carbocycles. The predicted octanol–water partition coefficient (Wildman–Crippen LogP) is 9.15. The summed E-state index contributed by atoms with van der Waals surface area (Å²) in [7, 11) is -0.476. The first-order chi connectivity index (χ1) is 11.4. The van der Waals surface area contributed by atoms with E-state index < -0.39 is 0 Å². The van der Waals surface area contributed by atoms with Gasteiger partial charge < -0.3 is 0 Å². The van der Waals surface area contributed by atoms with Crippen molar-refractivity contribution in [3.05, 3.63) is 35.4 Å². The predicted molar refractivity (Wildman–Crippen MR) is 127 cm³/mol. The van der Waals surface area contributed by atoms with E-state index in [1.165, 1.54) is 5.56 Å². The molecule has 0 aromatic heterocycles. The summed E-state index contributed by atoms with van der Waals surface area (Å²) in [6, 6.07) is 9.20. The highest BCUT2D eigenvalue weighted by molar-refractivity contribution is 7.78. The van der Waals surface area contributed by atoms with Crippen LogP contribution in [0.4, 0.5) is 0 Å². The van der Waals surface area contributed by atoms with Crippen LogP contribution in [0.25, 0.3) is 0 Å². The van der Waals surface area contributed by atoms with E-state index in [0.29, 0.717) is 26.0 Å². The average molecular weight is 395 g/mol. The smallest absolute Gasteiger partial charge is 0.0264 e. The van der Waals surface area contributed by atoms with Gasteiger partial charge in [-0.2, -0.15) is 0 Å². The van der Waals surface area contributed by atoms with E-state index in [1.807, 2.05) is 0 Å². The largest absolute Gasteiger partial charge is 0.0834 e. The second kappa shape index (κ2) is 7.84. The number of hydrogen-bond donors (Lipinski definition) is 0. The Hall–Kier alpha value is 0.0800. The summed E-state index contributed by atoms with van der Waals surface area (Å²) in [5, 5.41) is 1.92. The summed E-state index contributed by atoms with van der Waals surface area (Å²) in [5.74, 6) is 0. The molecule has 0 spiro atoms. The van der Waals surface area contributed by atoms with Crippen LogP contribution in [-0.2, 0) is 0 Å². The lowest BCUT2D eigenvalue weighted by atomic mass is 10.1. The monoisotopic (exact) mass is 394 g/mol. The van der Waals surface area contributed by atoms with Crippen molar-refractivity contribution in [2.75, 3.05) is 0 Å². The lowest BCUT2D eigenvalue weighted by molar-refractivity contribution is 0.679. The fraction of sp³-hybridized carbons (Fsp3) is 0.750. The molecule has 1 rings (SSSR count). The Balaban J connectivity index is 3.86. The van der Waals surface area contributed by atoms with Crippen molar-refractivity contribution in [2.45, 2.75) is 116 Å². The molecule has 0 fully saturated rings. The topological polar surface area (TPSA) is 0 Å². The van der Waals surface area contributed by atoms with E-state index in [1.54, 1.807) is 5.56 Å². The molecular weight excluding hydrogens is 350 g/mol. The van der Waals surface area contributed by atoms with Crippen molar-refractivity contribution in [3.8, 4) is 0 Å². The Kier molecular flexibility index (Phi) is 7.27. The minimum Gasteiger partial charge on any atom is -0.0834 e. The molecule has 0 amide bonds. The third-order valence-corrected chi connectivity index (χ3v) is 13.5.